The third-order valence-electron chi connectivity index (χ3n) is 4.93. The molecule has 3 rings (SSSR count). The summed E-state index contributed by atoms with van der Waals surface area (Å²) in [5.74, 6) is -1.21. The Balaban J connectivity index is 2.25. The number of rotatable bonds is 8. The smallest absolute Gasteiger partial charge is 0.346 e. The van der Waals surface area contributed by atoms with Gasteiger partial charge >= 0.3 is 5.97 Å². The molecule has 0 atom stereocenters. The normalized spacial score (nSPS) is 11.5. The highest BCUT2D eigenvalue weighted by Crippen LogP contribution is 2.36. The van der Waals surface area contributed by atoms with Crippen LogP contribution in [0.5, 0.6) is 0 Å². The van der Waals surface area contributed by atoms with Crippen molar-refractivity contribution in [1.82, 2.24) is 4.57 Å². The largest absolute Gasteiger partial charge is 0.477 e. The molecule has 142 valence electrons. The SMILES string of the molecule is CCCCCCn1c(-c2ccccc2)c(C=C(C#N)C(=O)O)c2ccccc21. The van der Waals surface area contributed by atoms with Gasteiger partial charge in [-0.2, -0.15) is 5.26 Å². The number of benzene rings is 2. The number of carbonyl (C=O) groups is 1. The van der Waals surface area contributed by atoms with Gasteiger partial charge in [-0.3, -0.25) is 0 Å². The van der Waals surface area contributed by atoms with Crippen LogP contribution in [-0.4, -0.2) is 15.6 Å². The van der Waals surface area contributed by atoms with Crippen LogP contribution in [0, 0.1) is 11.3 Å². The van der Waals surface area contributed by atoms with Crippen molar-refractivity contribution in [3.63, 3.8) is 0 Å². The third kappa shape index (κ3) is 3.99. The van der Waals surface area contributed by atoms with Gasteiger partial charge in [0.1, 0.15) is 11.6 Å². The first-order chi connectivity index (χ1) is 13.7. The Morgan fingerprint density at radius 3 is 2.46 bits per heavy atom. The number of aryl methyl sites for hydroxylation is 1. The molecule has 1 N–H and O–H groups in total. The molecule has 28 heavy (non-hydrogen) atoms. The number of nitrogens with zero attached hydrogens (tertiary/aromatic N) is 2. The molecule has 0 saturated heterocycles. The highest BCUT2D eigenvalue weighted by Gasteiger charge is 2.19. The Hall–Kier alpha value is -3.32. The molecule has 1 heterocycles. The van der Waals surface area contributed by atoms with Crippen molar-refractivity contribution in [3.8, 4) is 17.3 Å². The Labute approximate surface area is 165 Å². The standard InChI is InChI=1S/C24H24N2O2/c1-2-3-4-10-15-26-22-14-9-8-13-20(22)21(16-19(17-25)24(27)28)23(26)18-11-6-5-7-12-18/h5-9,11-14,16H,2-4,10,15H2,1H3,(H,27,28). The monoisotopic (exact) mass is 372 g/mol. The van der Waals surface area contributed by atoms with Crippen LogP contribution in [0.3, 0.4) is 0 Å². The van der Waals surface area contributed by atoms with Gasteiger partial charge in [-0.25, -0.2) is 4.79 Å². The van der Waals surface area contributed by atoms with E-state index >= 15 is 0 Å². The predicted molar refractivity (Wildman–Crippen MR) is 113 cm³/mol. The summed E-state index contributed by atoms with van der Waals surface area (Å²) in [6.07, 6.45) is 6.09. The number of unbranched alkanes of at least 4 members (excludes halogenated alkanes) is 3. The van der Waals surface area contributed by atoms with Gasteiger partial charge in [-0.15, -0.1) is 0 Å². The van der Waals surface area contributed by atoms with Gasteiger partial charge in [-0.05, 0) is 24.1 Å². The van der Waals surface area contributed by atoms with E-state index in [1.54, 1.807) is 0 Å². The number of hydrogen-bond donors (Lipinski definition) is 1. The van der Waals surface area contributed by atoms with Crippen LogP contribution < -0.4 is 0 Å². The van der Waals surface area contributed by atoms with Crippen LogP contribution in [0.4, 0.5) is 0 Å². The first-order valence-corrected chi connectivity index (χ1v) is 9.69. The summed E-state index contributed by atoms with van der Waals surface area (Å²) in [4.78, 5) is 11.5. The summed E-state index contributed by atoms with van der Waals surface area (Å²) >= 11 is 0. The Morgan fingerprint density at radius 2 is 1.79 bits per heavy atom. The number of carboxylic acids is 1. The highest BCUT2D eigenvalue weighted by molar-refractivity contribution is 6.04. The quantitative estimate of drug-likeness (QED) is 0.305. The van der Waals surface area contributed by atoms with E-state index in [0.717, 1.165) is 47.1 Å². The number of aromatic nitrogens is 1. The van der Waals surface area contributed by atoms with E-state index in [9.17, 15) is 15.2 Å². The molecule has 0 bridgehead atoms. The Bertz CT molecular complexity index is 1040. The predicted octanol–water partition coefficient (Wildman–Crippen LogP) is 5.88. The third-order valence-corrected chi connectivity index (χ3v) is 4.93. The fraction of sp³-hybridized carbons (Fsp3) is 0.250. The van der Waals surface area contributed by atoms with Crippen LogP contribution >= 0.6 is 0 Å². The van der Waals surface area contributed by atoms with E-state index in [1.807, 2.05) is 54.6 Å². The molecular formula is C24H24N2O2. The average Bonchev–Trinajstić information content (AvgIpc) is 3.03. The molecule has 0 spiro atoms. The zero-order valence-corrected chi connectivity index (χ0v) is 16.1. The maximum absolute atomic E-state index is 11.5. The lowest BCUT2D eigenvalue weighted by molar-refractivity contribution is -0.132. The fourth-order valence-corrected chi connectivity index (χ4v) is 3.60. The summed E-state index contributed by atoms with van der Waals surface area (Å²) in [7, 11) is 0. The number of carboxylic acid groups (broad SMARTS) is 1. The second-order valence-corrected chi connectivity index (χ2v) is 6.83. The average molecular weight is 372 g/mol. The zero-order chi connectivity index (χ0) is 19.9. The van der Waals surface area contributed by atoms with Gasteiger partial charge in [0.25, 0.3) is 0 Å². The van der Waals surface area contributed by atoms with E-state index in [2.05, 4.69) is 17.6 Å². The van der Waals surface area contributed by atoms with Crippen LogP contribution in [-0.2, 0) is 11.3 Å². The number of aliphatic carboxylic acids is 1. The molecule has 0 fully saturated rings. The minimum Gasteiger partial charge on any atom is -0.477 e. The van der Waals surface area contributed by atoms with Gasteiger partial charge < -0.3 is 9.67 Å². The van der Waals surface area contributed by atoms with Crippen molar-refractivity contribution in [2.24, 2.45) is 0 Å². The fourth-order valence-electron chi connectivity index (χ4n) is 3.60. The van der Waals surface area contributed by atoms with E-state index in [1.165, 1.54) is 18.9 Å². The number of para-hydroxylation sites is 1. The summed E-state index contributed by atoms with van der Waals surface area (Å²) in [5.41, 5.74) is 3.57. The molecule has 0 amide bonds. The minimum absolute atomic E-state index is 0.258. The molecule has 2 aromatic carbocycles. The van der Waals surface area contributed by atoms with Gasteiger partial charge in [0.15, 0.2) is 0 Å². The molecule has 0 radical (unpaired) electrons. The molecule has 4 nitrogen and oxygen atoms in total. The molecule has 0 aliphatic rings. The molecule has 0 unspecified atom stereocenters. The summed E-state index contributed by atoms with van der Waals surface area (Å²) in [6.45, 7) is 3.05. The zero-order valence-electron chi connectivity index (χ0n) is 16.1. The number of nitriles is 1. The van der Waals surface area contributed by atoms with Crippen molar-refractivity contribution in [3.05, 3.63) is 65.7 Å². The molecule has 0 aliphatic heterocycles. The van der Waals surface area contributed by atoms with Gasteiger partial charge in [0.2, 0.25) is 0 Å². The number of hydrogen-bond acceptors (Lipinski definition) is 2. The highest BCUT2D eigenvalue weighted by atomic mass is 16.4. The van der Waals surface area contributed by atoms with Crippen LogP contribution in [0.1, 0.15) is 38.2 Å². The van der Waals surface area contributed by atoms with Crippen molar-refractivity contribution in [2.75, 3.05) is 0 Å². The van der Waals surface area contributed by atoms with Crippen LogP contribution in [0.15, 0.2) is 60.2 Å². The van der Waals surface area contributed by atoms with E-state index in [0.29, 0.717) is 0 Å². The van der Waals surface area contributed by atoms with Gasteiger partial charge in [0, 0.05) is 23.0 Å². The molecule has 1 aromatic heterocycles. The molecule has 4 heteroatoms. The van der Waals surface area contributed by atoms with Crippen LogP contribution in [0.25, 0.3) is 28.2 Å². The van der Waals surface area contributed by atoms with E-state index in [4.69, 9.17) is 0 Å². The second kappa shape index (κ2) is 9.05. The van der Waals surface area contributed by atoms with Crippen molar-refractivity contribution in [2.45, 2.75) is 39.2 Å². The summed E-state index contributed by atoms with van der Waals surface area (Å²) in [5, 5.41) is 19.6. The maximum Gasteiger partial charge on any atom is 0.346 e. The minimum atomic E-state index is -1.21. The Kier molecular flexibility index (Phi) is 6.29. The first kappa shape index (κ1) is 19.4. The van der Waals surface area contributed by atoms with Gasteiger partial charge in [0.05, 0.1) is 5.69 Å². The molecule has 0 aliphatic carbocycles. The van der Waals surface area contributed by atoms with Gasteiger partial charge in [-0.1, -0.05) is 74.7 Å². The van der Waals surface area contributed by atoms with Crippen molar-refractivity contribution >= 4 is 22.9 Å². The lowest BCUT2D eigenvalue weighted by atomic mass is 10.0. The van der Waals surface area contributed by atoms with E-state index < -0.39 is 5.97 Å². The Morgan fingerprint density at radius 1 is 1.07 bits per heavy atom. The molecular weight excluding hydrogens is 348 g/mol. The maximum atomic E-state index is 11.5. The lowest BCUT2D eigenvalue weighted by Crippen LogP contribution is -2.02. The number of fused-ring (bicyclic) bond motifs is 1. The summed E-state index contributed by atoms with van der Waals surface area (Å²) < 4.78 is 2.27. The lowest BCUT2D eigenvalue weighted by Gasteiger charge is -2.12. The molecule has 3 aromatic rings. The summed E-state index contributed by atoms with van der Waals surface area (Å²) in [6, 6.07) is 19.8. The van der Waals surface area contributed by atoms with Crippen molar-refractivity contribution in [1.29, 1.82) is 5.26 Å². The molecule has 0 saturated carbocycles. The first-order valence-electron chi connectivity index (χ1n) is 9.69. The topological polar surface area (TPSA) is 66.0 Å². The van der Waals surface area contributed by atoms with Crippen LogP contribution in [0.2, 0.25) is 0 Å². The van der Waals surface area contributed by atoms with E-state index in [-0.39, 0.29) is 5.57 Å². The second-order valence-electron chi connectivity index (χ2n) is 6.83. The van der Waals surface area contributed by atoms with Crippen molar-refractivity contribution < 1.29 is 9.90 Å².